The van der Waals surface area contributed by atoms with E-state index in [1.165, 1.54) is 0 Å². The van der Waals surface area contributed by atoms with E-state index in [1.54, 1.807) is 11.9 Å². The molecule has 148 valence electrons. The zero-order chi connectivity index (χ0) is 19.2. The first kappa shape index (κ1) is 19.6. The number of likely N-dealkylation sites (tertiary alicyclic amines) is 1. The predicted octanol–water partition coefficient (Wildman–Crippen LogP) is 2.46. The summed E-state index contributed by atoms with van der Waals surface area (Å²) in [6.07, 6.45) is 1.48. The van der Waals surface area contributed by atoms with Crippen LogP contribution in [0.1, 0.15) is 25.3 Å². The number of amides is 1. The number of hydrogen-bond donors (Lipinski definition) is 2. The van der Waals surface area contributed by atoms with Crippen molar-refractivity contribution < 1.29 is 19.0 Å². The molecule has 1 saturated heterocycles. The van der Waals surface area contributed by atoms with Gasteiger partial charge in [-0.3, -0.25) is 4.99 Å². The highest BCUT2D eigenvalue weighted by Crippen LogP contribution is 2.39. The molecule has 1 amide bonds. The van der Waals surface area contributed by atoms with Crippen LogP contribution >= 0.6 is 15.9 Å². The van der Waals surface area contributed by atoms with Crippen LogP contribution in [0.15, 0.2) is 21.6 Å². The Hall–Kier alpha value is -2.16. The summed E-state index contributed by atoms with van der Waals surface area (Å²) in [7, 11) is 1.75. The van der Waals surface area contributed by atoms with Crippen LogP contribution in [0.5, 0.6) is 11.5 Å². The third-order valence-corrected chi connectivity index (χ3v) is 5.12. The maximum Gasteiger partial charge on any atom is 0.409 e. The number of guanidine groups is 1. The van der Waals surface area contributed by atoms with Crippen LogP contribution in [-0.4, -0.2) is 56.5 Å². The van der Waals surface area contributed by atoms with E-state index in [-0.39, 0.29) is 18.9 Å². The van der Waals surface area contributed by atoms with Gasteiger partial charge in [-0.15, -0.1) is 0 Å². The number of halogens is 1. The van der Waals surface area contributed by atoms with Crippen molar-refractivity contribution in [2.45, 2.75) is 32.4 Å². The number of hydrogen-bond acceptors (Lipinski definition) is 5. The minimum absolute atomic E-state index is 0.230. The molecule has 1 aromatic carbocycles. The highest BCUT2D eigenvalue weighted by atomic mass is 79.9. The SMILES string of the molecule is CCOC(=O)N1CCC(NC(=NC)NCc2cc(Br)c3c(c2)OCO3)CC1. The van der Waals surface area contributed by atoms with Gasteiger partial charge in [-0.1, -0.05) is 0 Å². The third-order valence-electron chi connectivity index (χ3n) is 4.53. The number of carbonyl (C=O) groups excluding carboxylic acids is 1. The summed E-state index contributed by atoms with van der Waals surface area (Å²) < 4.78 is 16.8. The Bertz CT molecular complexity index is 705. The number of nitrogens with zero attached hydrogens (tertiary/aromatic N) is 2. The number of carbonyl (C=O) groups is 1. The van der Waals surface area contributed by atoms with Gasteiger partial charge >= 0.3 is 6.09 Å². The Morgan fingerprint density at radius 2 is 2.15 bits per heavy atom. The fraction of sp³-hybridized carbons (Fsp3) is 0.556. The van der Waals surface area contributed by atoms with Gasteiger partial charge in [0.25, 0.3) is 0 Å². The lowest BCUT2D eigenvalue weighted by atomic mass is 10.1. The molecule has 8 nitrogen and oxygen atoms in total. The van der Waals surface area contributed by atoms with Crippen LogP contribution < -0.4 is 20.1 Å². The molecule has 2 aliphatic rings. The average Bonchev–Trinajstić information content (AvgIpc) is 3.15. The monoisotopic (exact) mass is 440 g/mol. The second kappa shape index (κ2) is 9.16. The van der Waals surface area contributed by atoms with Gasteiger partial charge in [0, 0.05) is 32.7 Å². The van der Waals surface area contributed by atoms with Crippen molar-refractivity contribution in [2.75, 3.05) is 33.5 Å². The van der Waals surface area contributed by atoms with Gasteiger partial charge in [0.1, 0.15) is 0 Å². The summed E-state index contributed by atoms with van der Waals surface area (Å²) in [6.45, 7) is 4.45. The number of nitrogens with one attached hydrogen (secondary N) is 2. The molecule has 1 fully saturated rings. The zero-order valence-electron chi connectivity index (χ0n) is 15.6. The molecule has 1 aromatic rings. The lowest BCUT2D eigenvalue weighted by molar-refractivity contribution is 0.0963. The minimum atomic E-state index is -0.230. The molecule has 0 unspecified atom stereocenters. The van der Waals surface area contributed by atoms with Crippen molar-refractivity contribution in [2.24, 2.45) is 4.99 Å². The number of benzene rings is 1. The Morgan fingerprint density at radius 1 is 1.37 bits per heavy atom. The van der Waals surface area contributed by atoms with E-state index >= 15 is 0 Å². The van der Waals surface area contributed by atoms with Crippen molar-refractivity contribution in [3.8, 4) is 11.5 Å². The van der Waals surface area contributed by atoms with E-state index in [2.05, 4.69) is 31.6 Å². The van der Waals surface area contributed by atoms with E-state index in [0.717, 1.165) is 40.3 Å². The van der Waals surface area contributed by atoms with E-state index in [9.17, 15) is 4.79 Å². The summed E-state index contributed by atoms with van der Waals surface area (Å²) >= 11 is 3.51. The molecule has 0 spiro atoms. The number of ether oxygens (including phenoxy) is 3. The van der Waals surface area contributed by atoms with Crippen LogP contribution in [0, 0.1) is 0 Å². The fourth-order valence-electron chi connectivity index (χ4n) is 3.12. The predicted molar refractivity (Wildman–Crippen MR) is 105 cm³/mol. The number of piperidine rings is 1. The van der Waals surface area contributed by atoms with Crippen LogP contribution in [-0.2, 0) is 11.3 Å². The zero-order valence-corrected chi connectivity index (χ0v) is 17.2. The highest BCUT2D eigenvalue weighted by molar-refractivity contribution is 9.10. The molecule has 0 saturated carbocycles. The van der Waals surface area contributed by atoms with Crippen molar-refractivity contribution in [1.82, 2.24) is 15.5 Å². The van der Waals surface area contributed by atoms with E-state index in [4.69, 9.17) is 14.2 Å². The molecule has 0 aliphatic carbocycles. The van der Waals surface area contributed by atoms with Crippen LogP contribution in [0.3, 0.4) is 0 Å². The quantitative estimate of drug-likeness (QED) is 0.552. The number of rotatable bonds is 4. The summed E-state index contributed by atoms with van der Waals surface area (Å²) in [5, 5.41) is 6.75. The van der Waals surface area contributed by atoms with Gasteiger partial charge in [0.2, 0.25) is 6.79 Å². The number of fused-ring (bicyclic) bond motifs is 1. The minimum Gasteiger partial charge on any atom is -0.454 e. The molecule has 2 heterocycles. The van der Waals surface area contributed by atoms with Crippen LogP contribution in [0.2, 0.25) is 0 Å². The first-order valence-corrected chi connectivity index (χ1v) is 9.87. The topological polar surface area (TPSA) is 84.4 Å². The van der Waals surface area contributed by atoms with Crippen molar-refractivity contribution in [3.05, 3.63) is 22.2 Å². The molecule has 0 aromatic heterocycles. The molecule has 2 aliphatic heterocycles. The lowest BCUT2D eigenvalue weighted by Gasteiger charge is -2.32. The smallest absolute Gasteiger partial charge is 0.409 e. The third kappa shape index (κ3) is 4.97. The molecule has 2 N–H and O–H groups in total. The van der Waals surface area contributed by atoms with Gasteiger partial charge < -0.3 is 29.7 Å². The van der Waals surface area contributed by atoms with Gasteiger partial charge in [-0.2, -0.15) is 0 Å². The van der Waals surface area contributed by atoms with Crippen LogP contribution in [0.25, 0.3) is 0 Å². The molecule has 27 heavy (non-hydrogen) atoms. The van der Waals surface area contributed by atoms with Gasteiger partial charge in [0.15, 0.2) is 17.5 Å². The second-order valence-electron chi connectivity index (χ2n) is 6.34. The Labute approximate surface area is 167 Å². The Morgan fingerprint density at radius 3 is 2.85 bits per heavy atom. The summed E-state index contributed by atoms with van der Waals surface area (Å²) in [5.74, 6) is 2.23. The Kier molecular flexibility index (Phi) is 6.65. The maximum absolute atomic E-state index is 11.8. The van der Waals surface area contributed by atoms with E-state index in [0.29, 0.717) is 26.2 Å². The van der Waals surface area contributed by atoms with Crippen molar-refractivity contribution in [3.63, 3.8) is 0 Å². The molecule has 9 heteroatoms. The standard InChI is InChI=1S/C18H25BrN4O4/c1-3-25-18(24)23-6-4-13(5-7-23)22-17(20-2)21-10-12-8-14(19)16-15(9-12)26-11-27-16/h8-9,13H,3-7,10-11H2,1-2H3,(H2,20,21,22). The second-order valence-corrected chi connectivity index (χ2v) is 7.20. The fourth-order valence-corrected chi connectivity index (χ4v) is 3.72. The van der Waals surface area contributed by atoms with E-state index in [1.807, 2.05) is 19.1 Å². The van der Waals surface area contributed by atoms with Gasteiger partial charge in [-0.25, -0.2) is 4.79 Å². The average molecular weight is 441 g/mol. The Balaban J connectivity index is 1.48. The number of aliphatic imine (C=N–C) groups is 1. The molecule has 3 rings (SSSR count). The normalized spacial score (nSPS) is 17.0. The summed E-state index contributed by atoms with van der Waals surface area (Å²) in [4.78, 5) is 17.8. The molecular formula is C18H25BrN4O4. The lowest BCUT2D eigenvalue weighted by Crippen LogP contribution is -2.49. The molecule has 0 radical (unpaired) electrons. The largest absolute Gasteiger partial charge is 0.454 e. The van der Waals surface area contributed by atoms with Crippen LogP contribution in [0.4, 0.5) is 4.79 Å². The summed E-state index contributed by atoms with van der Waals surface area (Å²) in [5.41, 5.74) is 1.06. The van der Waals surface area contributed by atoms with Crippen molar-refractivity contribution >= 4 is 28.0 Å². The molecule has 0 bridgehead atoms. The van der Waals surface area contributed by atoms with Gasteiger partial charge in [0.05, 0.1) is 11.1 Å². The van der Waals surface area contributed by atoms with Gasteiger partial charge in [-0.05, 0) is 53.4 Å². The van der Waals surface area contributed by atoms with E-state index < -0.39 is 0 Å². The first-order chi connectivity index (χ1) is 13.1. The molecular weight excluding hydrogens is 416 g/mol. The summed E-state index contributed by atoms with van der Waals surface area (Å²) in [6, 6.07) is 4.24. The molecule has 0 atom stereocenters. The highest BCUT2D eigenvalue weighted by Gasteiger charge is 2.24. The first-order valence-electron chi connectivity index (χ1n) is 9.07. The maximum atomic E-state index is 11.8. The van der Waals surface area contributed by atoms with Crippen molar-refractivity contribution in [1.29, 1.82) is 0 Å².